The molecule has 3 aromatic rings. The molecule has 2 aromatic heterocycles. The van der Waals surface area contributed by atoms with Crippen LogP contribution in [0.25, 0.3) is 10.9 Å². The number of aromatic nitrogens is 4. The van der Waals surface area contributed by atoms with Crippen molar-refractivity contribution in [2.45, 2.75) is 19.8 Å². The van der Waals surface area contributed by atoms with Crippen molar-refractivity contribution in [3.8, 4) is 0 Å². The summed E-state index contributed by atoms with van der Waals surface area (Å²) < 4.78 is 0. The lowest BCUT2D eigenvalue weighted by atomic mass is 10.2. The van der Waals surface area contributed by atoms with Crippen LogP contribution in [0.15, 0.2) is 30.5 Å². The van der Waals surface area contributed by atoms with E-state index in [1.807, 2.05) is 37.4 Å². The highest BCUT2D eigenvalue weighted by Crippen LogP contribution is 2.18. The average molecular weight is 269 g/mol. The molecule has 1 aromatic carbocycles. The second kappa shape index (κ2) is 5.16. The normalized spacial score (nSPS) is 10.8. The number of H-pyrrole nitrogens is 2. The van der Waals surface area contributed by atoms with Crippen LogP contribution in [-0.4, -0.2) is 26.1 Å². The summed E-state index contributed by atoms with van der Waals surface area (Å²) in [5.74, 6) is 0.597. The van der Waals surface area contributed by atoms with Crippen LogP contribution in [0.1, 0.15) is 29.8 Å². The van der Waals surface area contributed by atoms with Crippen molar-refractivity contribution in [3.63, 3.8) is 0 Å². The van der Waals surface area contributed by atoms with E-state index in [1.165, 1.54) is 0 Å². The monoisotopic (exact) mass is 269 g/mol. The number of benzene rings is 1. The van der Waals surface area contributed by atoms with Gasteiger partial charge in [-0.15, -0.1) is 5.10 Å². The molecular formula is C14H15N5O. The number of carbonyl (C=O) groups excluding carboxylic acids is 1. The minimum absolute atomic E-state index is 0.169. The van der Waals surface area contributed by atoms with Crippen molar-refractivity contribution in [2.75, 3.05) is 5.32 Å². The second-order valence-corrected chi connectivity index (χ2v) is 4.59. The molecule has 0 radical (unpaired) electrons. The van der Waals surface area contributed by atoms with Gasteiger partial charge in [0.25, 0.3) is 5.91 Å². The predicted octanol–water partition coefficient (Wildman–Crippen LogP) is 2.49. The Hall–Kier alpha value is -2.63. The zero-order valence-corrected chi connectivity index (χ0v) is 11.1. The Morgan fingerprint density at radius 1 is 1.35 bits per heavy atom. The molecule has 3 N–H and O–H groups in total. The van der Waals surface area contributed by atoms with Gasteiger partial charge in [0.1, 0.15) is 5.82 Å². The molecule has 1 amide bonds. The van der Waals surface area contributed by atoms with Gasteiger partial charge in [-0.05, 0) is 30.7 Å². The molecule has 0 unspecified atom stereocenters. The van der Waals surface area contributed by atoms with E-state index < -0.39 is 0 Å². The molecule has 3 rings (SSSR count). The smallest absolute Gasteiger partial charge is 0.295 e. The lowest BCUT2D eigenvalue weighted by Gasteiger charge is -2.02. The first-order valence-corrected chi connectivity index (χ1v) is 6.56. The van der Waals surface area contributed by atoms with Crippen molar-refractivity contribution in [3.05, 3.63) is 42.1 Å². The minimum atomic E-state index is -0.307. The van der Waals surface area contributed by atoms with Crippen LogP contribution in [0.3, 0.4) is 0 Å². The van der Waals surface area contributed by atoms with Crippen LogP contribution in [0.4, 0.5) is 5.69 Å². The highest BCUT2D eigenvalue weighted by Gasteiger charge is 2.12. The van der Waals surface area contributed by atoms with E-state index in [9.17, 15) is 4.79 Å². The van der Waals surface area contributed by atoms with Crippen molar-refractivity contribution in [1.29, 1.82) is 0 Å². The van der Waals surface area contributed by atoms with Crippen LogP contribution in [0.5, 0.6) is 0 Å². The molecule has 0 aliphatic heterocycles. The molecule has 0 fully saturated rings. The molecule has 0 aliphatic rings. The molecule has 6 heteroatoms. The van der Waals surface area contributed by atoms with Gasteiger partial charge in [-0.2, -0.15) is 0 Å². The van der Waals surface area contributed by atoms with Gasteiger partial charge in [-0.25, -0.2) is 4.98 Å². The summed E-state index contributed by atoms with van der Waals surface area (Å²) in [6.45, 7) is 2.05. The maximum Gasteiger partial charge on any atom is 0.295 e. The number of amides is 1. The fourth-order valence-electron chi connectivity index (χ4n) is 2.06. The van der Waals surface area contributed by atoms with Gasteiger partial charge in [-0.3, -0.25) is 9.89 Å². The van der Waals surface area contributed by atoms with Gasteiger partial charge < -0.3 is 10.3 Å². The average Bonchev–Trinajstić information content (AvgIpc) is 3.07. The van der Waals surface area contributed by atoms with Gasteiger partial charge in [-0.1, -0.05) is 6.92 Å². The van der Waals surface area contributed by atoms with Gasteiger partial charge in [0.05, 0.1) is 0 Å². The number of aromatic amines is 2. The number of nitrogens with zero attached hydrogens (tertiary/aromatic N) is 2. The summed E-state index contributed by atoms with van der Waals surface area (Å²) in [5.41, 5.74) is 1.76. The number of aryl methyl sites for hydroxylation is 1. The van der Waals surface area contributed by atoms with Gasteiger partial charge >= 0.3 is 0 Å². The molecule has 0 bridgehead atoms. The predicted molar refractivity (Wildman–Crippen MR) is 76.6 cm³/mol. The van der Waals surface area contributed by atoms with Crippen LogP contribution >= 0.6 is 0 Å². The van der Waals surface area contributed by atoms with Gasteiger partial charge in [0.2, 0.25) is 5.82 Å². The van der Waals surface area contributed by atoms with Crippen LogP contribution < -0.4 is 5.32 Å². The first-order valence-electron chi connectivity index (χ1n) is 6.56. The van der Waals surface area contributed by atoms with E-state index in [1.54, 1.807) is 0 Å². The second-order valence-electron chi connectivity index (χ2n) is 4.59. The first-order chi connectivity index (χ1) is 9.76. The summed E-state index contributed by atoms with van der Waals surface area (Å²) in [7, 11) is 0. The highest BCUT2D eigenvalue weighted by atomic mass is 16.2. The number of hydrogen-bond acceptors (Lipinski definition) is 3. The molecule has 0 spiro atoms. The molecule has 0 saturated heterocycles. The number of carbonyl (C=O) groups is 1. The fourth-order valence-corrected chi connectivity index (χ4v) is 2.06. The summed E-state index contributed by atoms with van der Waals surface area (Å²) in [6, 6.07) is 7.63. The van der Waals surface area contributed by atoms with E-state index >= 15 is 0 Å². The van der Waals surface area contributed by atoms with Gasteiger partial charge in [0, 0.05) is 29.2 Å². The quantitative estimate of drug-likeness (QED) is 0.680. The van der Waals surface area contributed by atoms with Crippen LogP contribution in [0, 0.1) is 0 Å². The Morgan fingerprint density at radius 3 is 3.10 bits per heavy atom. The molecule has 0 atom stereocenters. The zero-order chi connectivity index (χ0) is 13.9. The Bertz CT molecular complexity index is 743. The number of nitrogens with one attached hydrogen (secondary N) is 3. The van der Waals surface area contributed by atoms with E-state index in [0.29, 0.717) is 0 Å². The molecule has 0 saturated carbocycles. The molecular weight excluding hydrogens is 254 g/mol. The van der Waals surface area contributed by atoms with E-state index in [-0.39, 0.29) is 11.7 Å². The lowest BCUT2D eigenvalue weighted by molar-refractivity contribution is 0.101. The summed E-state index contributed by atoms with van der Waals surface area (Å²) in [6.07, 6.45) is 3.61. The third-order valence-electron chi connectivity index (χ3n) is 3.03. The number of fused-ring (bicyclic) bond motifs is 1. The largest absolute Gasteiger partial charge is 0.361 e. The Labute approximate surface area is 115 Å². The van der Waals surface area contributed by atoms with E-state index in [4.69, 9.17) is 0 Å². The molecule has 6 nitrogen and oxygen atoms in total. The molecule has 2 heterocycles. The Balaban J connectivity index is 1.76. The maximum atomic E-state index is 12.0. The third-order valence-corrected chi connectivity index (χ3v) is 3.03. The van der Waals surface area contributed by atoms with Gasteiger partial charge in [0.15, 0.2) is 0 Å². The Morgan fingerprint density at radius 2 is 2.25 bits per heavy atom. The minimum Gasteiger partial charge on any atom is -0.361 e. The van der Waals surface area contributed by atoms with E-state index in [0.717, 1.165) is 35.3 Å². The van der Waals surface area contributed by atoms with Crippen LogP contribution in [-0.2, 0) is 6.42 Å². The van der Waals surface area contributed by atoms with Crippen LogP contribution in [0.2, 0.25) is 0 Å². The number of anilines is 1. The van der Waals surface area contributed by atoms with Crippen molar-refractivity contribution in [2.24, 2.45) is 0 Å². The topological polar surface area (TPSA) is 86.5 Å². The zero-order valence-electron chi connectivity index (χ0n) is 11.1. The van der Waals surface area contributed by atoms with Crippen molar-refractivity contribution < 1.29 is 4.79 Å². The maximum absolute atomic E-state index is 12.0. The summed E-state index contributed by atoms with van der Waals surface area (Å²) in [4.78, 5) is 19.3. The highest BCUT2D eigenvalue weighted by molar-refractivity contribution is 6.02. The van der Waals surface area contributed by atoms with E-state index in [2.05, 4.69) is 25.5 Å². The fraction of sp³-hybridized carbons (Fsp3) is 0.214. The third kappa shape index (κ3) is 2.40. The first kappa shape index (κ1) is 12.4. The van der Waals surface area contributed by atoms with Crippen molar-refractivity contribution in [1.82, 2.24) is 20.2 Å². The number of hydrogen-bond donors (Lipinski definition) is 3. The Kier molecular flexibility index (Phi) is 3.20. The molecule has 20 heavy (non-hydrogen) atoms. The lowest BCUT2D eigenvalue weighted by Crippen LogP contribution is -2.13. The molecule has 0 aliphatic carbocycles. The SMILES string of the molecule is CCCc1nc(C(=O)Nc2ccc3[nH]ccc3c2)n[nH]1. The van der Waals surface area contributed by atoms with Crippen molar-refractivity contribution >= 4 is 22.5 Å². The summed E-state index contributed by atoms with van der Waals surface area (Å²) >= 11 is 0. The molecule has 102 valence electrons. The summed E-state index contributed by atoms with van der Waals surface area (Å²) in [5, 5.41) is 10.5. The standard InChI is InChI=1S/C14H15N5O/c1-2-3-12-17-13(19-18-12)14(20)16-10-4-5-11-9(8-10)6-7-15-11/h4-8,15H,2-3H2,1H3,(H,16,20)(H,17,18,19). The number of rotatable bonds is 4.